The summed E-state index contributed by atoms with van der Waals surface area (Å²) in [6.07, 6.45) is 6.06. The highest BCUT2D eigenvalue weighted by molar-refractivity contribution is 7.92. The molecule has 2 aliphatic carbocycles. The molecule has 5 amide bonds. The Morgan fingerprint density at radius 2 is 1.51 bits per heavy atom. The van der Waals surface area contributed by atoms with Gasteiger partial charge in [-0.3, -0.25) is 19.2 Å². The highest BCUT2D eigenvalue weighted by Gasteiger charge is 2.49. The van der Waals surface area contributed by atoms with Crippen LogP contribution in [-0.2, 0) is 29.0 Å². The summed E-state index contributed by atoms with van der Waals surface area (Å²) >= 11 is 0. The van der Waals surface area contributed by atoms with E-state index < -0.39 is 73.2 Å². The van der Waals surface area contributed by atoms with E-state index in [0.717, 1.165) is 32.1 Å². The third-order valence-corrected chi connectivity index (χ3v) is 12.9. The number of rotatable bonds is 12. The molecular weight excluding hydrogens is 622 g/mol. The Balaban J connectivity index is 1.82. The lowest BCUT2D eigenvalue weighted by atomic mass is 9.83. The Labute approximate surface area is 281 Å². The lowest BCUT2D eigenvalue weighted by molar-refractivity contribution is -0.144. The number of nitrogens with zero attached hydrogens (tertiary/aromatic N) is 1. The number of carbonyl (C=O) groups excluding carboxylic acids is 5. The maximum absolute atomic E-state index is 14.3. The van der Waals surface area contributed by atoms with Crippen LogP contribution in [0, 0.1) is 17.3 Å². The number of carbonyl (C=O) groups is 5. The van der Waals surface area contributed by atoms with Gasteiger partial charge in [-0.1, -0.05) is 67.2 Å². The SMILES string of the molecule is CCC[C@H](NC(=O)[C@@H]1[C@@H](C)[C@@H](C)CN1C(=O)[C@@H](NC(=O)NC1(CS(=O)(=O)C(C)(C)C)CCCCC1)C(C)(C)C)C(=O)C(=O)NC1CC1. The molecule has 3 rings (SSSR count). The third-order valence-electron chi connectivity index (χ3n) is 10.1. The van der Waals surface area contributed by atoms with Crippen molar-refractivity contribution in [2.45, 2.75) is 155 Å². The van der Waals surface area contributed by atoms with Crippen LogP contribution in [0.4, 0.5) is 4.79 Å². The van der Waals surface area contributed by atoms with Crippen molar-refractivity contribution < 1.29 is 32.4 Å². The average molecular weight is 682 g/mol. The molecule has 0 radical (unpaired) electrons. The quantitative estimate of drug-likeness (QED) is 0.229. The lowest BCUT2D eigenvalue weighted by Gasteiger charge is -2.41. The van der Waals surface area contributed by atoms with Crippen LogP contribution >= 0.6 is 0 Å². The van der Waals surface area contributed by atoms with E-state index in [1.807, 2.05) is 41.5 Å². The summed E-state index contributed by atoms with van der Waals surface area (Å²) in [5.74, 6) is -2.83. The summed E-state index contributed by atoms with van der Waals surface area (Å²) in [6, 6.07) is -3.58. The molecule has 0 spiro atoms. The molecule has 47 heavy (non-hydrogen) atoms. The first-order valence-electron chi connectivity index (χ1n) is 17.4. The molecule has 0 bridgehead atoms. The van der Waals surface area contributed by atoms with Gasteiger partial charge in [0.25, 0.3) is 5.91 Å². The summed E-state index contributed by atoms with van der Waals surface area (Å²) in [4.78, 5) is 68.8. The first kappa shape index (κ1) is 38.7. The number of ketones is 1. The molecule has 1 heterocycles. The van der Waals surface area contributed by atoms with Crippen molar-refractivity contribution in [3.05, 3.63) is 0 Å². The third kappa shape index (κ3) is 9.69. The Kier molecular flexibility index (Phi) is 12.2. The molecule has 3 aliphatic rings. The summed E-state index contributed by atoms with van der Waals surface area (Å²) in [5, 5.41) is 11.3. The first-order valence-corrected chi connectivity index (χ1v) is 19.0. The van der Waals surface area contributed by atoms with Crippen molar-refractivity contribution in [3.8, 4) is 0 Å². The Morgan fingerprint density at radius 3 is 2.02 bits per heavy atom. The molecule has 1 saturated heterocycles. The molecule has 0 aromatic heterocycles. The number of hydrogen-bond acceptors (Lipinski definition) is 7. The molecule has 5 atom stereocenters. The van der Waals surface area contributed by atoms with Gasteiger partial charge in [0.15, 0.2) is 9.84 Å². The molecule has 12 nitrogen and oxygen atoms in total. The Bertz CT molecular complexity index is 1290. The zero-order valence-corrected chi connectivity index (χ0v) is 30.8. The number of likely N-dealkylation sites (tertiary alicyclic amines) is 1. The van der Waals surface area contributed by atoms with Crippen LogP contribution < -0.4 is 21.3 Å². The predicted octanol–water partition coefficient (Wildman–Crippen LogP) is 3.23. The maximum Gasteiger partial charge on any atom is 0.315 e. The molecule has 0 unspecified atom stereocenters. The smallest absolute Gasteiger partial charge is 0.315 e. The summed E-state index contributed by atoms with van der Waals surface area (Å²) in [5.41, 5.74) is -1.71. The van der Waals surface area contributed by atoms with E-state index in [9.17, 15) is 32.4 Å². The maximum atomic E-state index is 14.3. The minimum absolute atomic E-state index is 0.00293. The zero-order chi connectivity index (χ0) is 35.5. The fourth-order valence-corrected chi connectivity index (χ4v) is 8.11. The van der Waals surface area contributed by atoms with E-state index >= 15 is 0 Å². The number of urea groups is 1. The second-order valence-corrected chi connectivity index (χ2v) is 19.1. The normalized spacial score (nSPS) is 24.5. The molecule has 268 valence electrons. The van der Waals surface area contributed by atoms with Crippen LogP contribution in [0.2, 0.25) is 0 Å². The van der Waals surface area contributed by atoms with Crippen molar-refractivity contribution >= 4 is 39.4 Å². The van der Waals surface area contributed by atoms with Crippen LogP contribution in [0.15, 0.2) is 0 Å². The van der Waals surface area contributed by atoms with Gasteiger partial charge in [-0.15, -0.1) is 0 Å². The number of hydrogen-bond donors (Lipinski definition) is 4. The summed E-state index contributed by atoms with van der Waals surface area (Å²) in [7, 11) is -3.56. The van der Waals surface area contributed by atoms with Crippen LogP contribution in [0.1, 0.15) is 120 Å². The highest BCUT2D eigenvalue weighted by Crippen LogP contribution is 2.34. The second-order valence-electron chi connectivity index (χ2n) is 16.3. The second kappa shape index (κ2) is 14.8. The van der Waals surface area contributed by atoms with Gasteiger partial charge in [0, 0.05) is 12.6 Å². The Hall–Kier alpha value is -2.70. The van der Waals surface area contributed by atoms with Crippen molar-refractivity contribution in [2.24, 2.45) is 17.3 Å². The van der Waals surface area contributed by atoms with Crippen LogP contribution in [0.3, 0.4) is 0 Å². The average Bonchev–Trinajstić information content (AvgIpc) is 3.71. The van der Waals surface area contributed by atoms with E-state index in [0.29, 0.717) is 19.3 Å². The molecule has 0 aromatic carbocycles. The minimum atomic E-state index is -3.56. The van der Waals surface area contributed by atoms with Crippen LogP contribution in [0.25, 0.3) is 0 Å². The van der Waals surface area contributed by atoms with E-state index in [1.165, 1.54) is 4.90 Å². The standard InChI is InChI=1S/C34H59N5O7S/c1-10-14-24(26(40)29(42)35-23-15-16-23)36-28(41)25-22(3)21(2)19-39(25)30(43)27(32(4,5)6)37-31(44)38-34(17-12-11-13-18-34)20-47(45,46)33(7,8)9/h21-25,27H,10-20H2,1-9H3,(H,35,42)(H,36,41)(H2,37,38,44)/t21-,22-,24-,25-,27+/m0/s1. The van der Waals surface area contributed by atoms with E-state index in [2.05, 4.69) is 21.3 Å². The lowest BCUT2D eigenvalue weighted by Crippen LogP contribution is -2.63. The first-order chi connectivity index (χ1) is 21.6. The van der Waals surface area contributed by atoms with Gasteiger partial charge in [-0.2, -0.15) is 0 Å². The molecular formula is C34H59N5O7S. The fourth-order valence-electron chi connectivity index (χ4n) is 6.59. The van der Waals surface area contributed by atoms with Gasteiger partial charge in [0.1, 0.15) is 12.1 Å². The van der Waals surface area contributed by atoms with Crippen molar-refractivity contribution in [1.29, 1.82) is 0 Å². The van der Waals surface area contributed by atoms with Gasteiger partial charge in [-0.05, 0) is 70.1 Å². The number of sulfone groups is 1. The molecule has 3 fully saturated rings. The topological polar surface area (TPSA) is 171 Å². The van der Waals surface area contributed by atoms with Crippen molar-refractivity contribution in [3.63, 3.8) is 0 Å². The highest BCUT2D eigenvalue weighted by atomic mass is 32.2. The predicted molar refractivity (Wildman–Crippen MR) is 181 cm³/mol. The summed E-state index contributed by atoms with van der Waals surface area (Å²) in [6.45, 7) is 16.4. The van der Waals surface area contributed by atoms with Gasteiger partial charge in [-0.25, -0.2) is 13.2 Å². The molecule has 0 aromatic rings. The number of amides is 5. The number of nitrogens with one attached hydrogen (secondary N) is 4. The summed E-state index contributed by atoms with van der Waals surface area (Å²) < 4.78 is 25.5. The number of Topliss-reactive ketones (excluding diaryl/α,β-unsaturated/α-hetero) is 1. The van der Waals surface area contributed by atoms with Crippen molar-refractivity contribution in [2.75, 3.05) is 12.3 Å². The molecule has 4 N–H and O–H groups in total. The monoisotopic (exact) mass is 681 g/mol. The van der Waals surface area contributed by atoms with E-state index in [1.54, 1.807) is 20.8 Å². The Morgan fingerprint density at radius 1 is 0.915 bits per heavy atom. The van der Waals surface area contributed by atoms with E-state index in [4.69, 9.17) is 0 Å². The zero-order valence-electron chi connectivity index (χ0n) is 30.0. The van der Waals surface area contributed by atoms with Crippen LogP contribution in [-0.4, -0.2) is 89.6 Å². The minimum Gasteiger partial charge on any atom is -0.347 e. The largest absolute Gasteiger partial charge is 0.347 e. The molecule has 2 saturated carbocycles. The van der Waals surface area contributed by atoms with Crippen LogP contribution in [0.5, 0.6) is 0 Å². The van der Waals surface area contributed by atoms with E-state index in [-0.39, 0.29) is 36.6 Å². The van der Waals surface area contributed by atoms with Gasteiger partial charge in [0.05, 0.1) is 22.1 Å². The molecule has 13 heteroatoms. The fraction of sp³-hybridized carbons (Fsp3) is 0.853. The van der Waals surface area contributed by atoms with Gasteiger partial charge < -0.3 is 26.2 Å². The van der Waals surface area contributed by atoms with Gasteiger partial charge >= 0.3 is 6.03 Å². The van der Waals surface area contributed by atoms with Gasteiger partial charge in [0.2, 0.25) is 17.6 Å². The van der Waals surface area contributed by atoms with Crippen molar-refractivity contribution in [1.82, 2.24) is 26.2 Å². The molecule has 1 aliphatic heterocycles.